The molecule has 3 amide bonds. The number of amides is 3. The summed E-state index contributed by atoms with van der Waals surface area (Å²) in [5, 5.41) is 8.22. The van der Waals surface area contributed by atoms with Crippen molar-refractivity contribution in [1.29, 1.82) is 0 Å². The normalized spacial score (nSPS) is 11.7. The van der Waals surface area contributed by atoms with E-state index < -0.39 is 11.8 Å². The van der Waals surface area contributed by atoms with E-state index in [1.807, 2.05) is 111 Å². The molecule has 0 saturated carbocycles. The predicted octanol–water partition coefficient (Wildman–Crippen LogP) is 8.10. The Hall–Kier alpha value is -5.60. The summed E-state index contributed by atoms with van der Waals surface area (Å²) >= 11 is 1.38. The summed E-state index contributed by atoms with van der Waals surface area (Å²) in [6, 6.07) is 40.7. The molecule has 5 rings (SSSR count). The van der Waals surface area contributed by atoms with Gasteiger partial charge >= 0.3 is 0 Å². The SMILES string of the molecule is Cc1ccc(NC(=O)C(C)Sc2cccc(NC(=O)/C(=C/c3ccc(OCc4ccccc4)cc3)NC(=O)c3ccccc3)c2)cc1. The van der Waals surface area contributed by atoms with Crippen LogP contribution in [0.3, 0.4) is 0 Å². The molecule has 0 bridgehead atoms. The lowest BCUT2D eigenvalue weighted by Gasteiger charge is -2.14. The zero-order valence-electron chi connectivity index (χ0n) is 26.1. The van der Waals surface area contributed by atoms with E-state index in [1.54, 1.807) is 42.5 Å². The largest absolute Gasteiger partial charge is 0.489 e. The van der Waals surface area contributed by atoms with E-state index >= 15 is 0 Å². The van der Waals surface area contributed by atoms with E-state index in [-0.39, 0.29) is 16.9 Å². The highest BCUT2D eigenvalue weighted by molar-refractivity contribution is 8.00. The molecule has 0 spiro atoms. The van der Waals surface area contributed by atoms with Gasteiger partial charge in [0.1, 0.15) is 18.1 Å². The zero-order valence-corrected chi connectivity index (χ0v) is 26.9. The Kier molecular flexibility index (Phi) is 11.2. The molecular weight excluding hydrogens is 607 g/mol. The van der Waals surface area contributed by atoms with Gasteiger partial charge in [0.25, 0.3) is 11.8 Å². The van der Waals surface area contributed by atoms with E-state index in [4.69, 9.17) is 4.74 Å². The highest BCUT2D eigenvalue weighted by Crippen LogP contribution is 2.27. The Morgan fingerprint density at radius 1 is 0.745 bits per heavy atom. The maximum absolute atomic E-state index is 13.6. The van der Waals surface area contributed by atoms with Crippen LogP contribution in [0.1, 0.15) is 34.0 Å². The van der Waals surface area contributed by atoms with Crippen LogP contribution in [0.4, 0.5) is 11.4 Å². The fraction of sp³-hybridized carbons (Fsp3) is 0.103. The maximum atomic E-state index is 13.6. The van der Waals surface area contributed by atoms with Crippen molar-refractivity contribution in [3.63, 3.8) is 0 Å². The standard InChI is InChI=1S/C39H35N3O4S/c1-27-16-20-32(21-17-27)40-37(43)28(2)47-35-15-9-14-33(25-35)41-39(45)36(42-38(44)31-12-7-4-8-13-31)24-29-18-22-34(23-19-29)46-26-30-10-5-3-6-11-30/h3-25,28H,26H2,1-2H3,(H,40,43)(H,41,45)(H,42,44)/b36-24-. The van der Waals surface area contributed by atoms with Crippen LogP contribution < -0.4 is 20.7 Å². The molecule has 5 aromatic rings. The van der Waals surface area contributed by atoms with E-state index in [0.29, 0.717) is 29.2 Å². The summed E-state index contributed by atoms with van der Waals surface area (Å²) < 4.78 is 5.89. The number of hydrogen-bond donors (Lipinski definition) is 3. The monoisotopic (exact) mass is 641 g/mol. The average molecular weight is 642 g/mol. The second-order valence-corrected chi connectivity index (χ2v) is 12.2. The molecule has 0 aromatic heterocycles. The van der Waals surface area contributed by atoms with Crippen molar-refractivity contribution < 1.29 is 19.1 Å². The van der Waals surface area contributed by atoms with E-state index in [2.05, 4.69) is 16.0 Å². The van der Waals surface area contributed by atoms with Gasteiger partial charge in [0.2, 0.25) is 5.91 Å². The van der Waals surface area contributed by atoms with Gasteiger partial charge in [-0.05, 0) is 85.6 Å². The third kappa shape index (κ3) is 9.94. The number of thioether (sulfide) groups is 1. The fourth-order valence-corrected chi connectivity index (χ4v) is 5.42. The number of hydrogen-bond acceptors (Lipinski definition) is 5. The summed E-state index contributed by atoms with van der Waals surface area (Å²) in [5.74, 6) is -0.349. The molecule has 3 N–H and O–H groups in total. The van der Waals surface area contributed by atoms with Gasteiger partial charge < -0.3 is 20.7 Å². The number of carbonyl (C=O) groups excluding carboxylic acids is 3. The lowest BCUT2D eigenvalue weighted by Crippen LogP contribution is -2.30. The summed E-state index contributed by atoms with van der Waals surface area (Å²) in [4.78, 5) is 40.3. The second kappa shape index (κ2) is 16.1. The Balaban J connectivity index is 1.28. The molecule has 0 aliphatic carbocycles. The molecule has 5 aromatic carbocycles. The van der Waals surface area contributed by atoms with E-state index in [1.165, 1.54) is 11.8 Å². The first-order chi connectivity index (χ1) is 22.8. The Morgan fingerprint density at radius 2 is 1.43 bits per heavy atom. The molecule has 0 saturated heterocycles. The second-order valence-electron chi connectivity index (χ2n) is 10.8. The minimum atomic E-state index is -0.494. The van der Waals surface area contributed by atoms with Crippen LogP contribution in [0.25, 0.3) is 6.08 Å². The van der Waals surface area contributed by atoms with Gasteiger partial charge in [-0.3, -0.25) is 14.4 Å². The molecule has 1 unspecified atom stereocenters. The van der Waals surface area contributed by atoms with Crippen LogP contribution >= 0.6 is 11.8 Å². The van der Waals surface area contributed by atoms with Crippen LogP contribution in [0, 0.1) is 6.92 Å². The third-order valence-corrected chi connectivity index (χ3v) is 8.16. The summed E-state index contributed by atoms with van der Waals surface area (Å²) in [6.45, 7) is 4.26. The molecule has 7 nitrogen and oxygen atoms in total. The van der Waals surface area contributed by atoms with Gasteiger partial charge in [-0.15, -0.1) is 11.8 Å². The van der Waals surface area contributed by atoms with Crippen LogP contribution in [0.5, 0.6) is 5.75 Å². The number of carbonyl (C=O) groups is 3. The smallest absolute Gasteiger partial charge is 0.272 e. The quantitative estimate of drug-likeness (QED) is 0.0945. The van der Waals surface area contributed by atoms with Gasteiger partial charge in [-0.2, -0.15) is 0 Å². The third-order valence-electron chi connectivity index (χ3n) is 7.06. The first-order valence-corrected chi connectivity index (χ1v) is 16.0. The molecule has 1 atom stereocenters. The van der Waals surface area contributed by atoms with Crippen LogP contribution in [-0.2, 0) is 16.2 Å². The van der Waals surface area contributed by atoms with Gasteiger partial charge in [0, 0.05) is 21.8 Å². The van der Waals surface area contributed by atoms with Crippen molar-refractivity contribution in [2.24, 2.45) is 0 Å². The first-order valence-electron chi connectivity index (χ1n) is 15.1. The summed E-state index contributed by atoms with van der Waals surface area (Å²) in [7, 11) is 0. The van der Waals surface area contributed by atoms with Crippen LogP contribution in [-0.4, -0.2) is 23.0 Å². The number of ether oxygens (including phenoxy) is 1. The van der Waals surface area contributed by atoms with Crippen LogP contribution in [0.2, 0.25) is 0 Å². The predicted molar refractivity (Wildman–Crippen MR) is 189 cm³/mol. The Labute approximate surface area is 279 Å². The molecule has 236 valence electrons. The lowest BCUT2D eigenvalue weighted by atomic mass is 10.1. The highest BCUT2D eigenvalue weighted by atomic mass is 32.2. The summed E-state index contributed by atoms with van der Waals surface area (Å²) in [6.07, 6.45) is 1.62. The van der Waals surface area contributed by atoms with E-state index in [0.717, 1.165) is 21.7 Å². The Bertz CT molecular complexity index is 1840. The molecule has 0 heterocycles. The van der Waals surface area contributed by atoms with Crippen molar-refractivity contribution >= 4 is 46.9 Å². The molecular formula is C39H35N3O4S. The number of rotatable bonds is 12. The van der Waals surface area contributed by atoms with Crippen molar-refractivity contribution in [3.05, 3.63) is 161 Å². The highest BCUT2D eigenvalue weighted by Gasteiger charge is 2.17. The van der Waals surface area contributed by atoms with Gasteiger partial charge in [-0.1, -0.05) is 84.4 Å². The van der Waals surface area contributed by atoms with Crippen molar-refractivity contribution in [3.8, 4) is 5.75 Å². The number of benzene rings is 5. The molecule has 0 aliphatic rings. The van der Waals surface area contributed by atoms with Crippen molar-refractivity contribution in [2.45, 2.75) is 30.6 Å². The first kappa shape index (κ1) is 32.8. The van der Waals surface area contributed by atoms with Gasteiger partial charge in [0.05, 0.1) is 5.25 Å². The number of nitrogens with one attached hydrogen (secondary N) is 3. The molecule has 0 aliphatic heterocycles. The van der Waals surface area contributed by atoms with Gasteiger partial charge in [-0.25, -0.2) is 0 Å². The lowest BCUT2D eigenvalue weighted by molar-refractivity contribution is -0.115. The fourth-order valence-electron chi connectivity index (χ4n) is 4.49. The number of anilines is 2. The molecule has 0 fully saturated rings. The molecule has 47 heavy (non-hydrogen) atoms. The molecule has 0 radical (unpaired) electrons. The van der Waals surface area contributed by atoms with E-state index in [9.17, 15) is 14.4 Å². The minimum Gasteiger partial charge on any atom is -0.489 e. The maximum Gasteiger partial charge on any atom is 0.272 e. The van der Waals surface area contributed by atoms with Crippen molar-refractivity contribution in [2.75, 3.05) is 10.6 Å². The Morgan fingerprint density at radius 3 is 2.13 bits per heavy atom. The average Bonchev–Trinajstić information content (AvgIpc) is 3.09. The van der Waals surface area contributed by atoms with Crippen LogP contribution in [0.15, 0.2) is 144 Å². The summed E-state index contributed by atoms with van der Waals surface area (Å²) in [5.41, 5.74) is 4.63. The minimum absolute atomic E-state index is 0.0701. The zero-order chi connectivity index (χ0) is 33.0. The number of aryl methyl sites for hydroxylation is 1. The van der Waals surface area contributed by atoms with Gasteiger partial charge in [0.15, 0.2) is 0 Å². The molecule has 8 heteroatoms. The topological polar surface area (TPSA) is 96.5 Å². The van der Waals surface area contributed by atoms with Crippen molar-refractivity contribution in [1.82, 2.24) is 5.32 Å².